The zero-order chi connectivity index (χ0) is 17.7. The molecule has 1 aromatic rings. The van der Waals surface area contributed by atoms with Crippen LogP contribution < -0.4 is 5.32 Å². The van der Waals surface area contributed by atoms with Gasteiger partial charge in [-0.1, -0.05) is 42.5 Å². The normalized spacial score (nSPS) is 32.0. The van der Waals surface area contributed by atoms with E-state index in [-0.39, 0.29) is 47.4 Å². The Morgan fingerprint density at radius 1 is 1.04 bits per heavy atom. The Morgan fingerprint density at radius 2 is 1.60 bits per heavy atom. The number of allylic oxidation sites excluding steroid dienone is 2. The summed E-state index contributed by atoms with van der Waals surface area (Å²) in [4.78, 5) is 39.4. The molecule has 3 aliphatic rings. The van der Waals surface area contributed by atoms with Crippen LogP contribution in [-0.4, -0.2) is 28.7 Å². The van der Waals surface area contributed by atoms with Gasteiger partial charge >= 0.3 is 0 Å². The van der Waals surface area contributed by atoms with Crippen molar-refractivity contribution in [3.8, 4) is 0 Å². The summed E-state index contributed by atoms with van der Waals surface area (Å²) in [5, 5.41) is 2.92. The van der Waals surface area contributed by atoms with Crippen LogP contribution in [0.5, 0.6) is 0 Å². The van der Waals surface area contributed by atoms with Crippen LogP contribution in [-0.2, 0) is 14.4 Å². The fourth-order valence-electron chi connectivity index (χ4n) is 4.58. The smallest absolute Gasteiger partial charge is 0.243 e. The van der Waals surface area contributed by atoms with Crippen LogP contribution in [0.2, 0.25) is 0 Å². The van der Waals surface area contributed by atoms with Crippen LogP contribution in [0.3, 0.4) is 0 Å². The minimum absolute atomic E-state index is 0.162. The largest absolute Gasteiger partial charge is 0.348 e. The summed E-state index contributed by atoms with van der Waals surface area (Å²) in [7, 11) is 0. The monoisotopic (exact) mass is 338 g/mol. The molecule has 2 aliphatic carbocycles. The molecule has 1 aliphatic heterocycles. The van der Waals surface area contributed by atoms with E-state index >= 15 is 0 Å². The van der Waals surface area contributed by atoms with Crippen molar-refractivity contribution in [1.82, 2.24) is 10.2 Å². The van der Waals surface area contributed by atoms with Gasteiger partial charge in [-0.05, 0) is 37.7 Å². The van der Waals surface area contributed by atoms with E-state index in [0.717, 1.165) is 12.0 Å². The second-order valence-corrected chi connectivity index (χ2v) is 7.36. The Kier molecular flexibility index (Phi) is 3.74. The van der Waals surface area contributed by atoms with Crippen molar-refractivity contribution in [2.24, 2.45) is 23.7 Å². The highest BCUT2D eigenvalue weighted by molar-refractivity contribution is 6.09. The molecule has 25 heavy (non-hydrogen) atoms. The standard InChI is InChI=1S/C20H22N2O3/c1-11(13-6-4-3-5-7-13)21-18(23)12(2)22-19(24)16-14-8-9-15(10-14)17(16)20(22)25/h3-9,11-12,14-17H,10H2,1-2H3,(H,21,23)/t11-,12+,14+,15+,16-,17+/m1/s1. The molecule has 6 atom stereocenters. The second kappa shape index (κ2) is 5.83. The molecule has 1 heterocycles. The molecule has 130 valence electrons. The third-order valence-electron chi connectivity index (χ3n) is 5.93. The van der Waals surface area contributed by atoms with Crippen LogP contribution in [0.25, 0.3) is 0 Å². The van der Waals surface area contributed by atoms with E-state index in [1.165, 1.54) is 4.90 Å². The summed E-state index contributed by atoms with van der Waals surface area (Å²) in [6.07, 6.45) is 5.01. The summed E-state index contributed by atoms with van der Waals surface area (Å²) in [6.45, 7) is 3.53. The van der Waals surface area contributed by atoms with Crippen LogP contribution in [0.4, 0.5) is 0 Å². The minimum Gasteiger partial charge on any atom is -0.348 e. The van der Waals surface area contributed by atoms with Gasteiger partial charge in [0, 0.05) is 0 Å². The van der Waals surface area contributed by atoms with E-state index in [9.17, 15) is 14.4 Å². The molecule has 0 radical (unpaired) electrons. The highest BCUT2D eigenvalue weighted by atomic mass is 16.2. The lowest BCUT2D eigenvalue weighted by Crippen LogP contribution is -2.49. The van der Waals surface area contributed by atoms with Crippen LogP contribution >= 0.6 is 0 Å². The summed E-state index contributed by atoms with van der Waals surface area (Å²) in [6, 6.07) is 8.67. The molecular formula is C20H22N2O3. The molecular weight excluding hydrogens is 316 g/mol. The number of fused-ring (bicyclic) bond motifs is 5. The van der Waals surface area contributed by atoms with Gasteiger partial charge in [0.05, 0.1) is 17.9 Å². The number of nitrogens with one attached hydrogen (secondary N) is 1. The summed E-state index contributed by atoms with van der Waals surface area (Å²) < 4.78 is 0. The highest BCUT2D eigenvalue weighted by Crippen LogP contribution is 2.52. The molecule has 1 saturated carbocycles. The topological polar surface area (TPSA) is 66.5 Å². The quantitative estimate of drug-likeness (QED) is 0.675. The molecule has 0 unspecified atom stereocenters. The summed E-state index contributed by atoms with van der Waals surface area (Å²) >= 11 is 0. The third kappa shape index (κ3) is 2.41. The molecule has 0 spiro atoms. The van der Waals surface area contributed by atoms with Crippen molar-refractivity contribution < 1.29 is 14.4 Å². The minimum atomic E-state index is -0.781. The van der Waals surface area contributed by atoms with Gasteiger partial charge in [-0.25, -0.2) is 0 Å². The number of carbonyl (C=O) groups excluding carboxylic acids is 3. The maximum absolute atomic E-state index is 12.8. The number of carbonyl (C=O) groups is 3. The van der Waals surface area contributed by atoms with Crippen molar-refractivity contribution in [3.63, 3.8) is 0 Å². The van der Waals surface area contributed by atoms with E-state index in [4.69, 9.17) is 0 Å². The molecule has 5 nitrogen and oxygen atoms in total. The zero-order valence-electron chi connectivity index (χ0n) is 14.4. The number of nitrogens with zero attached hydrogens (tertiary/aromatic N) is 1. The Morgan fingerprint density at radius 3 is 2.16 bits per heavy atom. The number of rotatable bonds is 4. The van der Waals surface area contributed by atoms with Crippen molar-refractivity contribution in [3.05, 3.63) is 48.0 Å². The maximum atomic E-state index is 12.8. The van der Waals surface area contributed by atoms with Crippen molar-refractivity contribution in [2.45, 2.75) is 32.4 Å². The number of imide groups is 1. The number of likely N-dealkylation sites (tertiary alicyclic amines) is 1. The first kappa shape index (κ1) is 16.1. The van der Waals surface area contributed by atoms with E-state index in [2.05, 4.69) is 17.5 Å². The molecule has 1 saturated heterocycles. The second-order valence-electron chi connectivity index (χ2n) is 7.36. The fourth-order valence-corrected chi connectivity index (χ4v) is 4.58. The average molecular weight is 338 g/mol. The van der Waals surface area contributed by atoms with Gasteiger partial charge in [0.2, 0.25) is 17.7 Å². The zero-order valence-corrected chi connectivity index (χ0v) is 14.4. The average Bonchev–Trinajstić information content (AvgIpc) is 3.29. The number of hydrogen-bond donors (Lipinski definition) is 1. The van der Waals surface area contributed by atoms with E-state index < -0.39 is 6.04 Å². The van der Waals surface area contributed by atoms with Gasteiger partial charge in [0.25, 0.3) is 0 Å². The van der Waals surface area contributed by atoms with Crippen molar-refractivity contribution in [1.29, 1.82) is 0 Å². The van der Waals surface area contributed by atoms with Gasteiger partial charge in [-0.15, -0.1) is 0 Å². The first-order valence-corrected chi connectivity index (χ1v) is 8.89. The van der Waals surface area contributed by atoms with Gasteiger partial charge in [0.15, 0.2) is 0 Å². The van der Waals surface area contributed by atoms with Gasteiger partial charge in [-0.2, -0.15) is 0 Å². The molecule has 2 fully saturated rings. The first-order chi connectivity index (χ1) is 12.0. The predicted molar refractivity (Wildman–Crippen MR) is 92.0 cm³/mol. The Labute approximate surface area is 147 Å². The summed E-state index contributed by atoms with van der Waals surface area (Å²) in [5.74, 6) is -0.847. The maximum Gasteiger partial charge on any atom is 0.243 e. The van der Waals surface area contributed by atoms with Crippen molar-refractivity contribution in [2.75, 3.05) is 0 Å². The molecule has 5 heteroatoms. The fraction of sp³-hybridized carbons (Fsp3) is 0.450. The van der Waals surface area contributed by atoms with Crippen LogP contribution in [0.1, 0.15) is 31.9 Å². The van der Waals surface area contributed by atoms with Gasteiger partial charge in [-0.3, -0.25) is 19.3 Å². The molecule has 1 N–H and O–H groups in total. The highest BCUT2D eigenvalue weighted by Gasteiger charge is 2.60. The Bertz CT molecular complexity index is 727. The first-order valence-electron chi connectivity index (χ1n) is 8.89. The van der Waals surface area contributed by atoms with Crippen molar-refractivity contribution >= 4 is 17.7 Å². The number of amides is 3. The van der Waals surface area contributed by atoms with Gasteiger partial charge < -0.3 is 5.32 Å². The predicted octanol–water partition coefficient (Wildman–Crippen LogP) is 2.06. The lowest BCUT2D eigenvalue weighted by Gasteiger charge is -2.25. The lowest BCUT2D eigenvalue weighted by atomic mass is 9.85. The Balaban J connectivity index is 1.48. The van der Waals surface area contributed by atoms with Gasteiger partial charge in [0.1, 0.15) is 6.04 Å². The molecule has 0 aromatic heterocycles. The molecule has 1 aromatic carbocycles. The van der Waals surface area contributed by atoms with E-state index in [1.54, 1.807) is 6.92 Å². The van der Waals surface area contributed by atoms with E-state index in [0.29, 0.717) is 0 Å². The van der Waals surface area contributed by atoms with E-state index in [1.807, 2.05) is 37.3 Å². The summed E-state index contributed by atoms with van der Waals surface area (Å²) in [5.41, 5.74) is 0.987. The van der Waals surface area contributed by atoms with Crippen LogP contribution in [0, 0.1) is 23.7 Å². The third-order valence-corrected chi connectivity index (χ3v) is 5.93. The lowest BCUT2D eigenvalue weighted by molar-refractivity contribution is -0.148. The molecule has 2 bridgehead atoms. The number of benzene rings is 1. The SMILES string of the molecule is C[C@@H](NC(=O)[C@H](C)N1C(=O)[C@@H]2[C@H](C1=O)[C@H]1C=C[C@H]2C1)c1ccccc1. The molecule has 3 amide bonds. The van der Waals surface area contributed by atoms with Crippen LogP contribution in [0.15, 0.2) is 42.5 Å². The Hall–Kier alpha value is -2.43. The molecule has 4 rings (SSSR count). The number of hydrogen-bond acceptors (Lipinski definition) is 3.